The van der Waals surface area contributed by atoms with Crippen LogP contribution in [-0.4, -0.2) is 17.1 Å². The predicted octanol–water partition coefficient (Wildman–Crippen LogP) is 3.49. The summed E-state index contributed by atoms with van der Waals surface area (Å²) in [4.78, 5) is 14.7. The minimum atomic E-state index is -0.676. The summed E-state index contributed by atoms with van der Waals surface area (Å²) in [6.07, 6.45) is 0.637. The normalized spacial score (nSPS) is 13.2. The maximum absolute atomic E-state index is 12.8. The molecule has 0 amide bonds. The largest absolute Gasteiger partial charge is 0.457 e. The number of halogens is 1. The SMILES string of the molecule is CCC(OC(=O)c1cc2oc(F)cc2[nH]1)C(C)C. The average molecular weight is 253 g/mol. The molecule has 5 heteroatoms. The van der Waals surface area contributed by atoms with E-state index in [1.807, 2.05) is 20.8 Å². The van der Waals surface area contributed by atoms with Gasteiger partial charge < -0.3 is 14.1 Å². The molecule has 1 unspecified atom stereocenters. The molecular weight excluding hydrogens is 237 g/mol. The molecule has 98 valence electrons. The van der Waals surface area contributed by atoms with Crippen LogP contribution in [-0.2, 0) is 4.74 Å². The summed E-state index contributed by atoms with van der Waals surface area (Å²) in [5, 5.41) is 0. The van der Waals surface area contributed by atoms with Crippen LogP contribution in [0.25, 0.3) is 11.1 Å². The van der Waals surface area contributed by atoms with E-state index in [1.165, 1.54) is 12.1 Å². The van der Waals surface area contributed by atoms with Crippen LogP contribution >= 0.6 is 0 Å². The molecule has 0 aliphatic heterocycles. The number of H-pyrrole nitrogens is 1. The van der Waals surface area contributed by atoms with Crippen LogP contribution in [0, 0.1) is 11.9 Å². The first-order valence-electron chi connectivity index (χ1n) is 6.00. The van der Waals surface area contributed by atoms with Crippen LogP contribution in [0.3, 0.4) is 0 Å². The third-order valence-electron chi connectivity index (χ3n) is 2.90. The van der Waals surface area contributed by atoms with Crippen molar-refractivity contribution in [2.24, 2.45) is 5.92 Å². The van der Waals surface area contributed by atoms with Crippen molar-refractivity contribution in [3.8, 4) is 0 Å². The second-order valence-corrected chi connectivity index (χ2v) is 4.61. The Morgan fingerprint density at radius 1 is 1.50 bits per heavy atom. The smallest absolute Gasteiger partial charge is 0.355 e. The Morgan fingerprint density at radius 2 is 2.22 bits per heavy atom. The zero-order valence-electron chi connectivity index (χ0n) is 10.6. The van der Waals surface area contributed by atoms with Gasteiger partial charge in [-0.1, -0.05) is 20.8 Å². The van der Waals surface area contributed by atoms with E-state index in [2.05, 4.69) is 4.98 Å². The molecule has 2 heterocycles. The quantitative estimate of drug-likeness (QED) is 0.848. The van der Waals surface area contributed by atoms with Crippen molar-refractivity contribution in [1.82, 2.24) is 4.98 Å². The number of rotatable bonds is 4. The highest BCUT2D eigenvalue weighted by Gasteiger charge is 2.20. The van der Waals surface area contributed by atoms with E-state index in [1.54, 1.807) is 0 Å². The zero-order chi connectivity index (χ0) is 13.3. The Morgan fingerprint density at radius 3 is 2.78 bits per heavy atom. The number of ether oxygens (including phenoxy) is 1. The minimum Gasteiger partial charge on any atom is -0.457 e. The topological polar surface area (TPSA) is 55.2 Å². The number of carbonyl (C=O) groups excluding carboxylic acids is 1. The number of esters is 1. The highest BCUT2D eigenvalue weighted by molar-refractivity contribution is 5.93. The summed E-state index contributed by atoms with van der Waals surface area (Å²) in [6.45, 7) is 5.96. The van der Waals surface area contributed by atoms with Gasteiger partial charge in [-0.15, -0.1) is 0 Å². The van der Waals surface area contributed by atoms with Gasteiger partial charge in [-0.2, -0.15) is 4.39 Å². The monoisotopic (exact) mass is 253 g/mol. The first kappa shape index (κ1) is 12.7. The van der Waals surface area contributed by atoms with Gasteiger partial charge in [-0.25, -0.2) is 4.79 Å². The Balaban J connectivity index is 2.15. The molecule has 0 aliphatic carbocycles. The number of carbonyl (C=O) groups is 1. The molecule has 4 nitrogen and oxygen atoms in total. The fourth-order valence-corrected chi connectivity index (χ4v) is 1.89. The van der Waals surface area contributed by atoms with E-state index >= 15 is 0 Å². The summed E-state index contributed by atoms with van der Waals surface area (Å²) < 4.78 is 22.9. The minimum absolute atomic E-state index is 0.121. The van der Waals surface area contributed by atoms with Gasteiger partial charge in [0, 0.05) is 12.1 Å². The van der Waals surface area contributed by atoms with Crippen molar-refractivity contribution in [2.45, 2.75) is 33.3 Å². The van der Waals surface area contributed by atoms with Crippen LogP contribution in [0.2, 0.25) is 0 Å². The average Bonchev–Trinajstić information content (AvgIpc) is 2.81. The van der Waals surface area contributed by atoms with E-state index in [4.69, 9.17) is 9.15 Å². The van der Waals surface area contributed by atoms with Gasteiger partial charge in [0.05, 0.1) is 5.52 Å². The van der Waals surface area contributed by atoms with E-state index < -0.39 is 12.0 Å². The lowest BCUT2D eigenvalue weighted by molar-refractivity contribution is 0.0167. The zero-order valence-corrected chi connectivity index (χ0v) is 10.6. The van der Waals surface area contributed by atoms with Crippen LogP contribution in [0.15, 0.2) is 16.5 Å². The maximum Gasteiger partial charge on any atom is 0.355 e. The van der Waals surface area contributed by atoms with Crippen molar-refractivity contribution in [3.05, 3.63) is 23.8 Å². The van der Waals surface area contributed by atoms with Crippen molar-refractivity contribution in [2.75, 3.05) is 0 Å². The van der Waals surface area contributed by atoms with E-state index in [0.29, 0.717) is 11.1 Å². The van der Waals surface area contributed by atoms with Gasteiger partial charge in [-0.3, -0.25) is 0 Å². The number of fused-ring (bicyclic) bond motifs is 1. The fourth-order valence-electron chi connectivity index (χ4n) is 1.89. The molecule has 2 rings (SSSR count). The van der Waals surface area contributed by atoms with Gasteiger partial charge in [0.15, 0.2) is 5.58 Å². The molecule has 0 aliphatic rings. The number of nitrogens with one attached hydrogen (secondary N) is 1. The summed E-state index contributed by atoms with van der Waals surface area (Å²) in [5.74, 6) is -0.184. The van der Waals surface area contributed by atoms with Crippen molar-refractivity contribution in [3.63, 3.8) is 0 Å². The molecular formula is C13H16FNO3. The summed E-state index contributed by atoms with van der Waals surface area (Å²) in [5.41, 5.74) is 1.05. The first-order valence-corrected chi connectivity index (χ1v) is 6.00. The molecule has 2 aromatic rings. The molecule has 0 saturated heterocycles. The molecule has 18 heavy (non-hydrogen) atoms. The Bertz CT molecular complexity index is 524. The number of aromatic amines is 1. The first-order chi connectivity index (χ1) is 8.51. The predicted molar refractivity (Wildman–Crippen MR) is 64.9 cm³/mol. The maximum atomic E-state index is 12.8. The molecule has 2 aromatic heterocycles. The van der Waals surface area contributed by atoms with Crippen LogP contribution in [0.4, 0.5) is 4.39 Å². The number of aromatic nitrogens is 1. The molecule has 0 spiro atoms. The lowest BCUT2D eigenvalue weighted by Crippen LogP contribution is -2.23. The molecule has 0 bridgehead atoms. The van der Waals surface area contributed by atoms with Crippen molar-refractivity contribution < 1.29 is 18.3 Å². The number of hydrogen-bond donors (Lipinski definition) is 1. The van der Waals surface area contributed by atoms with Crippen LogP contribution in [0.1, 0.15) is 37.7 Å². The summed E-state index contributed by atoms with van der Waals surface area (Å²) >= 11 is 0. The molecule has 1 N–H and O–H groups in total. The number of furan rings is 1. The third-order valence-corrected chi connectivity index (χ3v) is 2.90. The Labute approximate surface area is 104 Å². The van der Waals surface area contributed by atoms with Gasteiger partial charge in [0.25, 0.3) is 6.01 Å². The second kappa shape index (κ2) is 4.84. The third kappa shape index (κ3) is 2.39. The van der Waals surface area contributed by atoms with Gasteiger partial charge in [0.1, 0.15) is 11.8 Å². The second-order valence-electron chi connectivity index (χ2n) is 4.61. The number of hydrogen-bond acceptors (Lipinski definition) is 3. The van der Waals surface area contributed by atoms with E-state index in [9.17, 15) is 9.18 Å². The molecule has 0 saturated carbocycles. The highest BCUT2D eigenvalue weighted by Crippen LogP contribution is 2.20. The Kier molecular flexibility index (Phi) is 3.41. The molecule has 0 radical (unpaired) electrons. The molecule has 0 fully saturated rings. The summed E-state index contributed by atoms with van der Waals surface area (Å²) in [6, 6.07) is 1.98. The highest BCUT2D eigenvalue weighted by atomic mass is 19.1. The summed E-state index contributed by atoms with van der Waals surface area (Å²) in [7, 11) is 0. The molecule has 0 aromatic carbocycles. The van der Waals surface area contributed by atoms with E-state index in [0.717, 1.165) is 6.42 Å². The Hall–Kier alpha value is -1.78. The van der Waals surface area contributed by atoms with Gasteiger partial charge >= 0.3 is 5.97 Å². The van der Waals surface area contributed by atoms with Crippen LogP contribution in [0.5, 0.6) is 0 Å². The van der Waals surface area contributed by atoms with Gasteiger partial charge in [-0.05, 0) is 12.3 Å². The fraction of sp³-hybridized carbons (Fsp3) is 0.462. The van der Waals surface area contributed by atoms with Crippen LogP contribution < -0.4 is 0 Å². The van der Waals surface area contributed by atoms with E-state index in [-0.39, 0.29) is 17.7 Å². The standard InChI is InChI=1S/C13H16FNO3/c1-4-10(7(2)3)18-13(16)9-5-11-8(15-9)6-12(14)17-11/h5-7,10,15H,4H2,1-3H3. The van der Waals surface area contributed by atoms with Crippen molar-refractivity contribution >= 4 is 17.1 Å². The molecule has 1 atom stereocenters. The van der Waals surface area contributed by atoms with Gasteiger partial charge in [0.2, 0.25) is 0 Å². The lowest BCUT2D eigenvalue weighted by Gasteiger charge is -2.19. The van der Waals surface area contributed by atoms with Crippen molar-refractivity contribution in [1.29, 1.82) is 0 Å². The lowest BCUT2D eigenvalue weighted by atomic mass is 10.1.